The molecule has 2 aromatic heterocycles. The normalized spacial score (nSPS) is 11.3. The maximum Gasteiger partial charge on any atom is 0.327 e. The van der Waals surface area contributed by atoms with E-state index in [0.717, 1.165) is 16.9 Å². The van der Waals surface area contributed by atoms with E-state index >= 15 is 0 Å². The number of fused-ring (bicyclic) bond motifs is 1. The van der Waals surface area contributed by atoms with E-state index in [4.69, 9.17) is 4.74 Å². The summed E-state index contributed by atoms with van der Waals surface area (Å²) in [5, 5.41) is 9.54. The zero-order valence-electron chi connectivity index (χ0n) is 15.4. The van der Waals surface area contributed by atoms with E-state index in [1.807, 2.05) is 45.0 Å². The van der Waals surface area contributed by atoms with Crippen molar-refractivity contribution in [1.29, 1.82) is 0 Å². The first-order valence-electron chi connectivity index (χ1n) is 8.64. The zero-order valence-corrected chi connectivity index (χ0v) is 15.4. The van der Waals surface area contributed by atoms with Gasteiger partial charge in [0.05, 0.1) is 24.2 Å². The topological polar surface area (TPSA) is 79.0 Å². The van der Waals surface area contributed by atoms with Crippen LogP contribution in [0.4, 0.5) is 0 Å². The van der Waals surface area contributed by atoms with Gasteiger partial charge >= 0.3 is 5.97 Å². The van der Waals surface area contributed by atoms with E-state index in [1.54, 1.807) is 17.8 Å². The number of benzene rings is 1. The maximum absolute atomic E-state index is 13.0. The van der Waals surface area contributed by atoms with Crippen LogP contribution in [0.3, 0.4) is 0 Å². The molecule has 136 valence electrons. The fourth-order valence-corrected chi connectivity index (χ4v) is 2.94. The summed E-state index contributed by atoms with van der Waals surface area (Å²) in [5.41, 5.74) is 2.60. The van der Waals surface area contributed by atoms with Crippen molar-refractivity contribution in [3.8, 4) is 5.69 Å². The molecule has 0 saturated carbocycles. The minimum absolute atomic E-state index is 0.0704. The number of esters is 1. The third kappa shape index (κ3) is 3.12. The summed E-state index contributed by atoms with van der Waals surface area (Å²) in [5.74, 6) is -0.417. The molecule has 7 nitrogen and oxygen atoms in total. The van der Waals surface area contributed by atoms with E-state index in [-0.39, 0.29) is 24.6 Å². The number of rotatable bonds is 5. The Hall–Kier alpha value is -2.96. The van der Waals surface area contributed by atoms with Crippen LogP contribution in [0.1, 0.15) is 37.9 Å². The Morgan fingerprint density at radius 3 is 2.65 bits per heavy atom. The van der Waals surface area contributed by atoms with Crippen molar-refractivity contribution in [2.45, 2.75) is 40.2 Å². The van der Waals surface area contributed by atoms with Crippen LogP contribution >= 0.6 is 0 Å². The van der Waals surface area contributed by atoms with Gasteiger partial charge in [0.25, 0.3) is 5.56 Å². The van der Waals surface area contributed by atoms with E-state index < -0.39 is 5.97 Å². The van der Waals surface area contributed by atoms with Gasteiger partial charge in [-0.15, -0.1) is 0 Å². The van der Waals surface area contributed by atoms with Crippen molar-refractivity contribution in [3.63, 3.8) is 0 Å². The first-order chi connectivity index (χ1) is 12.4. The second-order valence-corrected chi connectivity index (χ2v) is 6.41. The predicted octanol–water partition coefficient (Wildman–Crippen LogP) is 2.58. The number of aryl methyl sites for hydroxylation is 1. The molecular formula is C19H22N4O3. The van der Waals surface area contributed by atoms with Crippen LogP contribution in [-0.2, 0) is 16.1 Å². The van der Waals surface area contributed by atoms with Crippen molar-refractivity contribution < 1.29 is 9.53 Å². The van der Waals surface area contributed by atoms with E-state index in [2.05, 4.69) is 10.2 Å². The van der Waals surface area contributed by atoms with Crippen molar-refractivity contribution in [1.82, 2.24) is 19.6 Å². The van der Waals surface area contributed by atoms with Crippen LogP contribution in [0.25, 0.3) is 16.6 Å². The van der Waals surface area contributed by atoms with Gasteiger partial charge in [0.2, 0.25) is 0 Å². The molecule has 0 saturated heterocycles. The molecule has 0 aliphatic heterocycles. The van der Waals surface area contributed by atoms with Crippen LogP contribution in [-0.4, -0.2) is 32.1 Å². The summed E-state index contributed by atoms with van der Waals surface area (Å²) in [7, 11) is 0. The summed E-state index contributed by atoms with van der Waals surface area (Å²) in [6.45, 7) is 7.71. The average molecular weight is 354 g/mol. The summed E-state index contributed by atoms with van der Waals surface area (Å²) in [4.78, 5) is 24.9. The molecule has 0 bridgehead atoms. The van der Waals surface area contributed by atoms with Gasteiger partial charge in [0.15, 0.2) is 0 Å². The van der Waals surface area contributed by atoms with Gasteiger partial charge in [-0.05, 0) is 31.4 Å². The average Bonchev–Trinajstić information content (AvgIpc) is 3.03. The third-order valence-electron chi connectivity index (χ3n) is 4.19. The van der Waals surface area contributed by atoms with Gasteiger partial charge in [-0.2, -0.15) is 10.2 Å². The lowest BCUT2D eigenvalue weighted by Crippen LogP contribution is -2.30. The first-order valence-corrected chi connectivity index (χ1v) is 8.64. The fraction of sp³-hybridized carbons (Fsp3) is 0.368. The Morgan fingerprint density at radius 1 is 1.27 bits per heavy atom. The molecule has 0 aliphatic carbocycles. The Morgan fingerprint density at radius 2 is 2.00 bits per heavy atom. The molecule has 3 aromatic rings. The van der Waals surface area contributed by atoms with Gasteiger partial charge in [-0.1, -0.05) is 32.0 Å². The molecular weight excluding hydrogens is 332 g/mol. The molecule has 0 radical (unpaired) electrons. The van der Waals surface area contributed by atoms with Crippen LogP contribution in [0.15, 0.2) is 35.3 Å². The summed E-state index contributed by atoms with van der Waals surface area (Å²) in [6.07, 6.45) is 1.67. The molecule has 0 spiro atoms. The molecule has 0 atom stereocenters. The first kappa shape index (κ1) is 17.8. The van der Waals surface area contributed by atoms with Crippen LogP contribution in [0.5, 0.6) is 0 Å². The smallest absolute Gasteiger partial charge is 0.327 e. The lowest BCUT2D eigenvalue weighted by molar-refractivity contribution is -0.144. The second-order valence-electron chi connectivity index (χ2n) is 6.41. The highest BCUT2D eigenvalue weighted by Gasteiger charge is 2.20. The van der Waals surface area contributed by atoms with Gasteiger partial charge in [-0.3, -0.25) is 9.59 Å². The molecule has 26 heavy (non-hydrogen) atoms. The maximum atomic E-state index is 13.0. The van der Waals surface area contributed by atoms with Crippen molar-refractivity contribution >= 4 is 16.9 Å². The standard InChI is InChI=1S/C19H22N4O3/c1-5-26-16(24)11-22-19(25)18-14(17(21-22)12(2)3)10-20-23(18)15-9-7-6-8-13(15)4/h6-10,12H,5,11H2,1-4H3. The summed E-state index contributed by atoms with van der Waals surface area (Å²) in [6, 6.07) is 7.71. The number of hydrogen-bond donors (Lipinski definition) is 0. The van der Waals surface area contributed by atoms with Gasteiger partial charge in [0.1, 0.15) is 12.1 Å². The Balaban J connectivity index is 2.27. The second kappa shape index (κ2) is 7.11. The molecule has 2 heterocycles. The van der Waals surface area contributed by atoms with Crippen molar-refractivity contribution in [3.05, 3.63) is 52.1 Å². The number of ether oxygens (including phenoxy) is 1. The SMILES string of the molecule is CCOC(=O)Cn1nc(C(C)C)c2cnn(-c3ccccc3C)c2c1=O. The van der Waals surface area contributed by atoms with Gasteiger partial charge in [-0.25, -0.2) is 9.36 Å². The van der Waals surface area contributed by atoms with Crippen LogP contribution < -0.4 is 5.56 Å². The number of carbonyl (C=O) groups is 1. The van der Waals surface area contributed by atoms with Crippen molar-refractivity contribution in [2.24, 2.45) is 0 Å². The number of nitrogens with zero attached hydrogens (tertiary/aromatic N) is 4. The number of para-hydroxylation sites is 1. The monoisotopic (exact) mass is 354 g/mol. The number of hydrogen-bond acceptors (Lipinski definition) is 5. The highest BCUT2D eigenvalue weighted by atomic mass is 16.5. The van der Waals surface area contributed by atoms with E-state index in [9.17, 15) is 9.59 Å². The summed E-state index contributed by atoms with van der Waals surface area (Å²) >= 11 is 0. The minimum Gasteiger partial charge on any atom is -0.465 e. The highest BCUT2D eigenvalue weighted by molar-refractivity contribution is 5.82. The molecule has 0 fully saturated rings. The lowest BCUT2D eigenvalue weighted by Gasteiger charge is -2.12. The largest absolute Gasteiger partial charge is 0.465 e. The molecule has 0 N–H and O–H groups in total. The number of aromatic nitrogens is 4. The minimum atomic E-state index is -0.488. The molecule has 3 rings (SSSR count). The third-order valence-corrected chi connectivity index (χ3v) is 4.19. The predicted molar refractivity (Wildman–Crippen MR) is 98.6 cm³/mol. The number of carbonyl (C=O) groups excluding carboxylic acids is 1. The quantitative estimate of drug-likeness (QED) is 0.658. The fourth-order valence-electron chi connectivity index (χ4n) is 2.94. The van der Waals surface area contributed by atoms with Crippen LogP contribution in [0, 0.1) is 6.92 Å². The zero-order chi connectivity index (χ0) is 18.8. The van der Waals surface area contributed by atoms with Crippen LogP contribution in [0.2, 0.25) is 0 Å². The Kier molecular flexibility index (Phi) is 4.88. The van der Waals surface area contributed by atoms with E-state index in [0.29, 0.717) is 10.9 Å². The Bertz CT molecular complexity index is 1020. The molecule has 7 heteroatoms. The lowest BCUT2D eigenvalue weighted by atomic mass is 10.1. The molecule has 0 aliphatic rings. The molecule has 0 unspecified atom stereocenters. The van der Waals surface area contributed by atoms with Gasteiger partial charge < -0.3 is 4.74 Å². The molecule has 0 amide bonds. The Labute approximate surface area is 151 Å². The van der Waals surface area contributed by atoms with E-state index in [1.165, 1.54) is 4.68 Å². The summed E-state index contributed by atoms with van der Waals surface area (Å²) < 4.78 is 7.77. The van der Waals surface area contributed by atoms with Gasteiger partial charge in [0, 0.05) is 5.39 Å². The van der Waals surface area contributed by atoms with Crippen molar-refractivity contribution in [2.75, 3.05) is 6.61 Å². The molecule has 1 aromatic carbocycles. The highest BCUT2D eigenvalue weighted by Crippen LogP contribution is 2.24.